The summed E-state index contributed by atoms with van der Waals surface area (Å²) in [6.07, 6.45) is 1.71. The van der Waals surface area contributed by atoms with E-state index in [2.05, 4.69) is 27.0 Å². The molecule has 0 saturated heterocycles. The van der Waals surface area contributed by atoms with Crippen molar-refractivity contribution >= 4 is 24.4 Å². The van der Waals surface area contributed by atoms with E-state index in [0.29, 0.717) is 19.3 Å². The van der Waals surface area contributed by atoms with Crippen molar-refractivity contribution in [2.24, 2.45) is 10.1 Å². The van der Waals surface area contributed by atoms with Crippen LogP contribution >= 0.6 is 0 Å². The number of rotatable bonds is 6. The Morgan fingerprint density at radius 1 is 1.38 bits per heavy atom. The van der Waals surface area contributed by atoms with Gasteiger partial charge in [-0.1, -0.05) is 12.1 Å². The maximum absolute atomic E-state index is 11.3. The summed E-state index contributed by atoms with van der Waals surface area (Å²) in [6.45, 7) is 4.90. The number of hydrogen-bond acceptors (Lipinski definition) is 5. The second-order valence-corrected chi connectivity index (χ2v) is 3.04. The molecule has 0 bridgehead atoms. The molecule has 0 aliphatic heterocycles. The van der Waals surface area contributed by atoms with Crippen molar-refractivity contribution in [3.63, 3.8) is 0 Å². The molecule has 0 aromatic heterocycles. The Hall–Kier alpha value is -1.72. The van der Waals surface area contributed by atoms with Gasteiger partial charge in [0, 0.05) is 33.0 Å². The summed E-state index contributed by atoms with van der Waals surface area (Å²) in [4.78, 5) is 30.5. The van der Waals surface area contributed by atoms with Gasteiger partial charge in [-0.25, -0.2) is 4.99 Å². The summed E-state index contributed by atoms with van der Waals surface area (Å²) in [5, 5.41) is 5.54. The van der Waals surface area contributed by atoms with Crippen molar-refractivity contribution in [1.29, 1.82) is 0 Å². The van der Waals surface area contributed by atoms with E-state index in [0.717, 1.165) is 0 Å². The smallest absolute Gasteiger partial charge is 0.318 e. The van der Waals surface area contributed by atoms with Gasteiger partial charge in [0.15, 0.2) is 0 Å². The lowest BCUT2D eigenvalue weighted by Gasteiger charge is -2.04. The zero-order chi connectivity index (χ0) is 12.4. The molecule has 1 amide bonds. The van der Waals surface area contributed by atoms with Gasteiger partial charge >= 0.3 is 6.02 Å². The molecule has 0 aromatic rings. The van der Waals surface area contributed by atoms with E-state index < -0.39 is 0 Å². The van der Waals surface area contributed by atoms with Gasteiger partial charge in [-0.15, -0.1) is 0 Å². The van der Waals surface area contributed by atoms with Crippen LogP contribution in [0.25, 0.3) is 0 Å². The minimum Gasteiger partial charge on any atom is -0.318 e. The predicted molar refractivity (Wildman–Crippen MR) is 61.3 cm³/mol. The van der Waals surface area contributed by atoms with Gasteiger partial charge in [-0.05, 0) is 6.42 Å². The first-order chi connectivity index (χ1) is 7.63. The van der Waals surface area contributed by atoms with E-state index in [1.54, 1.807) is 6.92 Å². The third-order valence-corrected chi connectivity index (χ3v) is 1.85. The zero-order valence-corrected chi connectivity index (χ0v) is 9.65. The van der Waals surface area contributed by atoms with Crippen LogP contribution in [0.5, 0.6) is 0 Å². The summed E-state index contributed by atoms with van der Waals surface area (Å²) in [6, 6.07) is 0.00168. The topological polar surface area (TPSA) is 80.1 Å². The summed E-state index contributed by atoms with van der Waals surface area (Å²) in [5.74, 6) is -0.102. The molecule has 90 valence electrons. The van der Waals surface area contributed by atoms with E-state index in [9.17, 15) is 9.59 Å². The van der Waals surface area contributed by atoms with Crippen LogP contribution in [-0.4, -0.2) is 31.5 Å². The van der Waals surface area contributed by atoms with Gasteiger partial charge in [0.1, 0.15) is 5.78 Å². The number of nitrogens with zero attached hydrogens (tertiary/aromatic N) is 2. The molecule has 0 unspecified atom stereocenters. The lowest BCUT2D eigenvalue weighted by atomic mass is 10.1. The molecule has 1 N–H and O–H groups in total. The molecule has 0 aromatic carbocycles. The fraction of sp³-hybridized carbons (Fsp3) is 0.600. The lowest BCUT2D eigenvalue weighted by molar-refractivity contribution is -0.120. The Kier molecular flexibility index (Phi) is 7.66. The molecule has 0 saturated carbocycles. The number of amidine groups is 1. The van der Waals surface area contributed by atoms with Crippen LogP contribution in [0.15, 0.2) is 10.1 Å². The second-order valence-electron chi connectivity index (χ2n) is 3.04. The summed E-state index contributed by atoms with van der Waals surface area (Å²) < 4.78 is 0. The normalized spacial score (nSPS) is 10.8. The monoisotopic (exact) mass is 227 g/mol. The van der Waals surface area contributed by atoms with Crippen LogP contribution in [0.1, 0.15) is 32.6 Å². The molecular formula is C10H17N3O3. The number of carbonyl (C=O) groups excluding carboxylic acids is 2. The molecule has 0 heterocycles. The maximum Gasteiger partial charge on any atom is 0.321 e. The fourth-order valence-electron chi connectivity index (χ4n) is 0.985. The van der Waals surface area contributed by atoms with Gasteiger partial charge in [-0.3, -0.25) is 14.9 Å². The largest absolute Gasteiger partial charge is 0.321 e. The molecule has 0 atom stereocenters. The van der Waals surface area contributed by atoms with Gasteiger partial charge < -0.3 is 4.84 Å². The SMILES string of the molecule is C=NO/C(=N\C)NC(=O)CCCC(=O)CC. The van der Waals surface area contributed by atoms with Crippen molar-refractivity contribution < 1.29 is 14.4 Å². The van der Waals surface area contributed by atoms with Crippen molar-refractivity contribution in [3.05, 3.63) is 0 Å². The summed E-state index contributed by atoms with van der Waals surface area (Å²) in [7, 11) is 1.46. The Morgan fingerprint density at radius 3 is 2.56 bits per heavy atom. The summed E-state index contributed by atoms with van der Waals surface area (Å²) in [5.41, 5.74) is 0. The van der Waals surface area contributed by atoms with Crippen LogP contribution in [0.2, 0.25) is 0 Å². The first-order valence-corrected chi connectivity index (χ1v) is 5.05. The highest BCUT2D eigenvalue weighted by atomic mass is 16.6. The Morgan fingerprint density at radius 2 is 2.06 bits per heavy atom. The molecule has 6 nitrogen and oxygen atoms in total. The number of ketones is 1. The van der Waals surface area contributed by atoms with Gasteiger partial charge in [0.2, 0.25) is 5.91 Å². The third-order valence-electron chi connectivity index (χ3n) is 1.85. The van der Waals surface area contributed by atoms with Crippen LogP contribution < -0.4 is 5.32 Å². The van der Waals surface area contributed by atoms with E-state index in [1.165, 1.54) is 7.05 Å². The van der Waals surface area contributed by atoms with Crippen molar-refractivity contribution in [2.45, 2.75) is 32.6 Å². The minimum atomic E-state index is -0.256. The molecular weight excluding hydrogens is 210 g/mol. The van der Waals surface area contributed by atoms with Crippen LogP contribution in [0.4, 0.5) is 0 Å². The minimum absolute atomic E-state index is 0.00168. The second kappa shape index (κ2) is 8.58. The quantitative estimate of drug-likeness (QED) is 0.415. The number of oxime groups is 1. The first kappa shape index (κ1) is 14.3. The van der Waals surface area contributed by atoms with Crippen molar-refractivity contribution in [1.82, 2.24) is 5.32 Å². The highest BCUT2D eigenvalue weighted by Crippen LogP contribution is 1.99. The highest BCUT2D eigenvalue weighted by Gasteiger charge is 2.07. The fourth-order valence-corrected chi connectivity index (χ4v) is 0.985. The number of Topliss-reactive ketones (excluding diaryl/α,β-unsaturated/α-hetero) is 1. The number of hydrogen-bond donors (Lipinski definition) is 1. The van der Waals surface area contributed by atoms with E-state index in [4.69, 9.17) is 0 Å². The average molecular weight is 227 g/mol. The molecule has 16 heavy (non-hydrogen) atoms. The number of carbonyl (C=O) groups is 2. The molecule has 6 heteroatoms. The van der Waals surface area contributed by atoms with Crippen LogP contribution in [0, 0.1) is 0 Å². The van der Waals surface area contributed by atoms with Crippen molar-refractivity contribution in [3.8, 4) is 0 Å². The molecule has 0 rings (SSSR count). The maximum atomic E-state index is 11.3. The van der Waals surface area contributed by atoms with Crippen LogP contribution in [0.3, 0.4) is 0 Å². The van der Waals surface area contributed by atoms with Gasteiger partial charge in [0.25, 0.3) is 0 Å². The number of aliphatic imine (C=N–C) groups is 1. The Balaban J connectivity index is 3.81. The predicted octanol–water partition coefficient (Wildman–Crippen LogP) is 0.870. The summed E-state index contributed by atoms with van der Waals surface area (Å²) >= 11 is 0. The van der Waals surface area contributed by atoms with E-state index >= 15 is 0 Å². The molecule has 0 aliphatic rings. The highest BCUT2D eigenvalue weighted by molar-refractivity contribution is 5.94. The van der Waals surface area contributed by atoms with Crippen molar-refractivity contribution in [2.75, 3.05) is 7.05 Å². The van der Waals surface area contributed by atoms with Crippen LogP contribution in [-0.2, 0) is 14.4 Å². The van der Waals surface area contributed by atoms with E-state index in [1.807, 2.05) is 0 Å². The Labute approximate surface area is 94.8 Å². The molecule has 0 aliphatic carbocycles. The zero-order valence-electron chi connectivity index (χ0n) is 9.65. The van der Waals surface area contributed by atoms with E-state index in [-0.39, 0.29) is 24.1 Å². The average Bonchev–Trinajstić information content (AvgIpc) is 2.28. The first-order valence-electron chi connectivity index (χ1n) is 5.05. The molecule has 0 spiro atoms. The standard InChI is InChI=1S/C10H17N3O3/c1-4-8(14)6-5-7-9(15)13-10(11-2)16-12-3/h3-7H2,1-2H3,(H,11,13,15). The van der Waals surface area contributed by atoms with Gasteiger partial charge in [0.05, 0.1) is 0 Å². The number of amides is 1. The molecule has 0 fully saturated rings. The molecule has 0 radical (unpaired) electrons. The Bertz CT molecular complexity index is 287. The third kappa shape index (κ3) is 6.69. The number of nitrogens with one attached hydrogen (secondary N) is 1. The lowest BCUT2D eigenvalue weighted by Crippen LogP contribution is -2.31. The van der Waals surface area contributed by atoms with Gasteiger partial charge in [-0.2, -0.15) is 0 Å².